The van der Waals surface area contributed by atoms with Gasteiger partial charge in [0.25, 0.3) is 5.56 Å². The molecular formula is C27H23ClN8O4. The summed E-state index contributed by atoms with van der Waals surface area (Å²) in [6.45, 7) is 1.98. The molecule has 0 bridgehead atoms. The molecule has 2 amide bonds. The highest BCUT2D eigenvalue weighted by atomic mass is 35.5. The first-order valence-electron chi connectivity index (χ1n) is 12.4. The van der Waals surface area contributed by atoms with Crippen molar-refractivity contribution in [3.8, 4) is 17.4 Å². The van der Waals surface area contributed by atoms with Gasteiger partial charge >= 0.3 is 0 Å². The summed E-state index contributed by atoms with van der Waals surface area (Å²) in [7, 11) is 1.57. The van der Waals surface area contributed by atoms with E-state index in [0.29, 0.717) is 39.3 Å². The van der Waals surface area contributed by atoms with Crippen molar-refractivity contribution in [2.45, 2.75) is 13.3 Å². The fourth-order valence-corrected chi connectivity index (χ4v) is 4.86. The number of rotatable bonds is 6. The standard InChI is InChI=1S/C27H23ClN8O4/c1-15-10-22(30-25(38)16-11-23(37)34(14-16)18-6-8-20(40-2)9-7-18)36(33-15)27-31-24-21(26(39)32-27)13-29-35(24)19-5-3-4-17(28)12-19/h3-10,12-13,16H,11,14H2,1-2H3,(H,30,38)(H,31,32,39). The van der Waals surface area contributed by atoms with Gasteiger partial charge in [-0.25, -0.2) is 4.68 Å². The maximum absolute atomic E-state index is 13.3. The number of hydrogen-bond acceptors (Lipinski definition) is 7. The number of hydrogen-bond donors (Lipinski definition) is 2. The van der Waals surface area contributed by atoms with Crippen LogP contribution in [0.25, 0.3) is 22.7 Å². The van der Waals surface area contributed by atoms with Crippen molar-refractivity contribution < 1.29 is 14.3 Å². The number of benzene rings is 2. The number of nitrogens with zero attached hydrogens (tertiary/aromatic N) is 6. The number of anilines is 2. The van der Waals surface area contributed by atoms with Crippen LogP contribution in [0.2, 0.25) is 5.02 Å². The van der Waals surface area contributed by atoms with Crippen LogP contribution in [0.1, 0.15) is 12.1 Å². The first-order chi connectivity index (χ1) is 19.3. The van der Waals surface area contributed by atoms with Gasteiger partial charge in [-0.3, -0.25) is 19.4 Å². The van der Waals surface area contributed by atoms with Crippen molar-refractivity contribution in [2.24, 2.45) is 5.92 Å². The van der Waals surface area contributed by atoms with Crippen LogP contribution in [0.3, 0.4) is 0 Å². The fraction of sp³-hybridized carbons (Fsp3) is 0.185. The average molecular weight is 559 g/mol. The number of carbonyl (C=O) groups is 2. The minimum Gasteiger partial charge on any atom is -0.497 e. The highest BCUT2D eigenvalue weighted by Crippen LogP contribution is 2.28. The third kappa shape index (κ3) is 4.58. The third-order valence-electron chi connectivity index (χ3n) is 6.64. The maximum atomic E-state index is 13.3. The summed E-state index contributed by atoms with van der Waals surface area (Å²) >= 11 is 6.15. The predicted octanol–water partition coefficient (Wildman–Crippen LogP) is 3.26. The Morgan fingerprint density at radius 3 is 2.65 bits per heavy atom. The zero-order chi connectivity index (χ0) is 28.0. The van der Waals surface area contributed by atoms with Gasteiger partial charge in [0.2, 0.25) is 17.8 Å². The Morgan fingerprint density at radius 2 is 1.90 bits per heavy atom. The summed E-state index contributed by atoms with van der Waals surface area (Å²) in [5.74, 6) is -0.0226. The molecule has 1 unspecified atom stereocenters. The van der Waals surface area contributed by atoms with Gasteiger partial charge in [0.1, 0.15) is 17.0 Å². The molecule has 13 heteroatoms. The number of carbonyl (C=O) groups excluding carboxylic acids is 2. The lowest BCUT2D eigenvalue weighted by Crippen LogP contribution is -2.28. The van der Waals surface area contributed by atoms with Gasteiger partial charge in [0.15, 0.2) is 5.65 Å². The molecule has 1 fully saturated rings. The SMILES string of the molecule is COc1ccc(N2CC(C(=O)Nc3cc(C)nn3-c3nc4c(cnn4-c4cccc(Cl)c4)c(=O)[nH]3)CC2=O)cc1. The van der Waals surface area contributed by atoms with Gasteiger partial charge in [-0.2, -0.15) is 19.9 Å². The van der Waals surface area contributed by atoms with E-state index >= 15 is 0 Å². The van der Waals surface area contributed by atoms with E-state index in [1.165, 1.54) is 15.6 Å². The van der Waals surface area contributed by atoms with E-state index in [1.807, 2.05) is 0 Å². The Kier molecular flexibility index (Phi) is 6.31. The molecule has 12 nitrogen and oxygen atoms in total. The largest absolute Gasteiger partial charge is 0.497 e. The van der Waals surface area contributed by atoms with Crippen LogP contribution in [-0.4, -0.2) is 55.0 Å². The van der Waals surface area contributed by atoms with Crippen molar-refractivity contribution in [3.63, 3.8) is 0 Å². The molecule has 1 saturated heterocycles. The Bertz CT molecular complexity index is 1820. The minimum absolute atomic E-state index is 0.0604. The molecule has 40 heavy (non-hydrogen) atoms. The number of nitrogens with one attached hydrogen (secondary N) is 2. The molecule has 202 valence electrons. The van der Waals surface area contributed by atoms with Crippen LogP contribution in [-0.2, 0) is 9.59 Å². The number of aromatic amines is 1. The Hall–Kier alpha value is -4.97. The molecule has 1 aliphatic heterocycles. The van der Waals surface area contributed by atoms with E-state index in [4.69, 9.17) is 16.3 Å². The fourth-order valence-electron chi connectivity index (χ4n) is 4.68. The molecule has 0 radical (unpaired) electrons. The molecule has 1 aliphatic rings. The number of fused-ring (bicyclic) bond motifs is 1. The number of aromatic nitrogens is 6. The highest BCUT2D eigenvalue weighted by Gasteiger charge is 2.35. The highest BCUT2D eigenvalue weighted by molar-refractivity contribution is 6.30. The molecule has 2 aromatic carbocycles. The molecule has 1 atom stereocenters. The lowest BCUT2D eigenvalue weighted by atomic mass is 10.1. The number of H-pyrrole nitrogens is 1. The quantitative estimate of drug-likeness (QED) is 0.326. The van der Waals surface area contributed by atoms with Crippen LogP contribution >= 0.6 is 11.6 Å². The maximum Gasteiger partial charge on any atom is 0.263 e. The molecule has 0 spiro atoms. The normalized spacial score (nSPS) is 15.1. The van der Waals surface area contributed by atoms with E-state index in [2.05, 4.69) is 25.5 Å². The number of halogens is 1. The summed E-state index contributed by atoms with van der Waals surface area (Å²) in [4.78, 5) is 47.8. The Morgan fingerprint density at radius 1 is 1.10 bits per heavy atom. The molecule has 2 N–H and O–H groups in total. The van der Waals surface area contributed by atoms with Crippen LogP contribution in [0.4, 0.5) is 11.5 Å². The summed E-state index contributed by atoms with van der Waals surface area (Å²) < 4.78 is 8.04. The molecule has 6 rings (SSSR count). The zero-order valence-corrected chi connectivity index (χ0v) is 22.2. The topological polar surface area (TPSA) is 140 Å². The number of ether oxygens (including phenoxy) is 1. The molecule has 3 aromatic heterocycles. The van der Waals surface area contributed by atoms with Gasteiger partial charge in [-0.1, -0.05) is 17.7 Å². The van der Waals surface area contributed by atoms with Crippen molar-refractivity contribution in [1.82, 2.24) is 29.5 Å². The van der Waals surface area contributed by atoms with E-state index in [0.717, 1.165) is 0 Å². The summed E-state index contributed by atoms with van der Waals surface area (Å²) in [5, 5.41) is 12.4. The second kappa shape index (κ2) is 9.97. The lowest BCUT2D eigenvalue weighted by molar-refractivity contribution is -0.122. The average Bonchev–Trinajstić information content (AvgIpc) is 3.65. The first-order valence-corrected chi connectivity index (χ1v) is 12.7. The van der Waals surface area contributed by atoms with Crippen molar-refractivity contribution in [2.75, 3.05) is 23.9 Å². The molecular weight excluding hydrogens is 536 g/mol. The van der Waals surface area contributed by atoms with Crippen molar-refractivity contribution in [1.29, 1.82) is 0 Å². The van der Waals surface area contributed by atoms with Gasteiger partial charge in [0, 0.05) is 29.7 Å². The lowest BCUT2D eigenvalue weighted by Gasteiger charge is -2.17. The van der Waals surface area contributed by atoms with E-state index in [-0.39, 0.29) is 36.1 Å². The Labute approximate surface area is 232 Å². The van der Waals surface area contributed by atoms with Gasteiger partial charge in [-0.15, -0.1) is 0 Å². The first kappa shape index (κ1) is 25.3. The summed E-state index contributed by atoms with van der Waals surface area (Å²) in [5.41, 5.74) is 1.78. The van der Waals surface area contributed by atoms with E-state index < -0.39 is 11.5 Å². The second-order valence-corrected chi connectivity index (χ2v) is 9.77. The molecule has 0 aliphatic carbocycles. The monoisotopic (exact) mass is 558 g/mol. The second-order valence-electron chi connectivity index (χ2n) is 9.34. The zero-order valence-electron chi connectivity index (χ0n) is 21.5. The number of amides is 2. The number of aryl methyl sites for hydroxylation is 1. The van der Waals surface area contributed by atoms with Gasteiger partial charge < -0.3 is 15.0 Å². The molecule has 5 aromatic rings. The van der Waals surface area contributed by atoms with Gasteiger partial charge in [-0.05, 0) is 49.4 Å². The van der Waals surface area contributed by atoms with Gasteiger partial charge in [0.05, 0.1) is 30.6 Å². The number of methoxy groups -OCH3 is 1. The molecule has 0 saturated carbocycles. The smallest absolute Gasteiger partial charge is 0.263 e. The van der Waals surface area contributed by atoms with Crippen LogP contribution in [0, 0.1) is 12.8 Å². The minimum atomic E-state index is -0.586. The van der Waals surface area contributed by atoms with Crippen molar-refractivity contribution >= 4 is 46.0 Å². The predicted molar refractivity (Wildman–Crippen MR) is 148 cm³/mol. The van der Waals surface area contributed by atoms with E-state index in [9.17, 15) is 14.4 Å². The summed E-state index contributed by atoms with van der Waals surface area (Å²) in [6.07, 6.45) is 1.49. The third-order valence-corrected chi connectivity index (χ3v) is 6.88. The van der Waals surface area contributed by atoms with E-state index in [1.54, 1.807) is 73.5 Å². The van der Waals surface area contributed by atoms with Crippen molar-refractivity contribution in [3.05, 3.63) is 81.9 Å². The van der Waals surface area contributed by atoms with Crippen LogP contribution in [0.15, 0.2) is 65.6 Å². The van der Waals surface area contributed by atoms with Crippen LogP contribution < -0.4 is 20.5 Å². The summed E-state index contributed by atoms with van der Waals surface area (Å²) in [6, 6.07) is 15.8. The molecule has 4 heterocycles. The Balaban J connectivity index is 1.28. The van der Waals surface area contributed by atoms with Crippen LogP contribution in [0.5, 0.6) is 5.75 Å².